The van der Waals surface area contributed by atoms with Gasteiger partial charge in [0.25, 0.3) is 0 Å². The first kappa shape index (κ1) is 21.3. The fourth-order valence-corrected chi connectivity index (χ4v) is 8.08. The van der Waals surface area contributed by atoms with Gasteiger partial charge >= 0.3 is 0 Å². The number of hydrogen-bond donors (Lipinski definition) is 0. The zero-order valence-corrected chi connectivity index (χ0v) is 20.2. The molecule has 4 aliphatic carbocycles. The van der Waals surface area contributed by atoms with Crippen LogP contribution in [0.5, 0.6) is 0 Å². The molecule has 0 spiro atoms. The van der Waals surface area contributed by atoms with E-state index < -0.39 is 0 Å². The summed E-state index contributed by atoms with van der Waals surface area (Å²) in [7, 11) is 0. The van der Waals surface area contributed by atoms with Crippen LogP contribution in [0.3, 0.4) is 0 Å². The first-order chi connectivity index (χ1) is 18.0. The standard InChI is InChI=1S/C31H26N2O4/c34-28-24-18-5-6-19(14-18)25(24)29(35)32(28)22-9-1-16(2-10-22)13-17-3-11-23(12-4-17)33-30(36)26-20-7-8-21(15-20)27(26)31(33)37/h1-12,18-21,24-27H,13-15H2/t18-,19-,20-,21+,24-,25+,26-,27+/m0/s1. The lowest BCUT2D eigenvalue weighted by molar-refractivity contribution is -0.124. The highest BCUT2D eigenvalue weighted by molar-refractivity contribution is 6.23. The molecule has 2 saturated carbocycles. The fourth-order valence-electron chi connectivity index (χ4n) is 8.08. The molecule has 0 unspecified atom stereocenters. The van der Waals surface area contributed by atoms with Gasteiger partial charge in [0.05, 0.1) is 35.0 Å². The van der Waals surface area contributed by atoms with E-state index in [9.17, 15) is 19.2 Å². The normalized spacial score (nSPS) is 36.4. The molecule has 2 saturated heterocycles. The highest BCUT2D eigenvalue weighted by atomic mass is 16.2. The summed E-state index contributed by atoms with van der Waals surface area (Å²) in [6.07, 6.45) is 11.0. The third-order valence-corrected chi connectivity index (χ3v) is 9.74. The Hall–Kier alpha value is -3.80. The molecule has 2 aromatic carbocycles. The number of imide groups is 2. The molecule has 0 radical (unpaired) electrons. The maximum absolute atomic E-state index is 13.1. The molecule has 4 fully saturated rings. The van der Waals surface area contributed by atoms with Crippen molar-refractivity contribution in [2.24, 2.45) is 47.3 Å². The summed E-state index contributed by atoms with van der Waals surface area (Å²) in [4.78, 5) is 55.1. The predicted molar refractivity (Wildman–Crippen MR) is 136 cm³/mol. The van der Waals surface area contributed by atoms with Crippen LogP contribution >= 0.6 is 0 Å². The van der Waals surface area contributed by atoms with Crippen LogP contribution in [0.15, 0.2) is 72.8 Å². The Morgan fingerprint density at radius 3 is 1.08 bits per heavy atom. The highest BCUT2D eigenvalue weighted by Gasteiger charge is 2.60. The van der Waals surface area contributed by atoms with E-state index in [2.05, 4.69) is 24.3 Å². The Morgan fingerprint density at radius 1 is 0.486 bits per heavy atom. The van der Waals surface area contributed by atoms with Crippen molar-refractivity contribution in [3.8, 4) is 0 Å². The number of anilines is 2. The topological polar surface area (TPSA) is 74.8 Å². The smallest absolute Gasteiger partial charge is 0.238 e. The zero-order valence-electron chi connectivity index (χ0n) is 20.2. The molecule has 2 aromatic rings. The van der Waals surface area contributed by atoms with Crippen molar-refractivity contribution in [1.29, 1.82) is 0 Å². The zero-order chi connectivity index (χ0) is 25.0. The van der Waals surface area contributed by atoms with Crippen LogP contribution in [-0.4, -0.2) is 23.6 Å². The van der Waals surface area contributed by atoms with E-state index in [4.69, 9.17) is 0 Å². The number of amides is 4. The monoisotopic (exact) mass is 490 g/mol. The number of carbonyl (C=O) groups is 4. The predicted octanol–water partition coefficient (Wildman–Crippen LogP) is 3.90. The molecule has 184 valence electrons. The summed E-state index contributed by atoms with van der Waals surface area (Å²) < 4.78 is 0. The summed E-state index contributed by atoms with van der Waals surface area (Å²) in [5, 5.41) is 0. The summed E-state index contributed by atoms with van der Waals surface area (Å²) >= 11 is 0. The van der Waals surface area contributed by atoms with Gasteiger partial charge in [-0.3, -0.25) is 29.0 Å². The minimum absolute atomic E-state index is 0.0610. The van der Waals surface area contributed by atoms with E-state index in [1.165, 1.54) is 9.80 Å². The lowest BCUT2D eigenvalue weighted by atomic mass is 9.85. The third-order valence-electron chi connectivity index (χ3n) is 9.74. The van der Waals surface area contributed by atoms with Crippen molar-refractivity contribution in [3.05, 3.63) is 84.0 Å². The van der Waals surface area contributed by atoms with E-state index in [-0.39, 0.29) is 71.0 Å². The molecule has 8 rings (SSSR count). The molecule has 2 heterocycles. The lowest BCUT2D eigenvalue weighted by Crippen LogP contribution is -2.32. The quantitative estimate of drug-likeness (QED) is 0.481. The van der Waals surface area contributed by atoms with E-state index in [0.717, 1.165) is 24.0 Å². The second kappa shape index (κ2) is 7.37. The van der Waals surface area contributed by atoms with Gasteiger partial charge in [0.1, 0.15) is 0 Å². The Bertz CT molecular complexity index is 1270. The van der Waals surface area contributed by atoms with Gasteiger partial charge in [0.2, 0.25) is 23.6 Å². The minimum Gasteiger partial charge on any atom is -0.274 e. The molecule has 6 aliphatic rings. The summed E-state index contributed by atoms with van der Waals surface area (Å²) in [5.74, 6) is -0.198. The van der Waals surface area contributed by atoms with Crippen molar-refractivity contribution in [1.82, 2.24) is 0 Å². The first-order valence-corrected chi connectivity index (χ1v) is 13.3. The summed E-state index contributed by atoms with van der Waals surface area (Å²) in [5.41, 5.74) is 3.40. The molecular weight excluding hydrogens is 464 g/mol. The van der Waals surface area contributed by atoms with Gasteiger partial charge in [-0.05, 0) is 78.3 Å². The molecule has 0 N–H and O–H groups in total. The number of benzene rings is 2. The molecular formula is C31H26N2O4. The van der Waals surface area contributed by atoms with Gasteiger partial charge in [-0.2, -0.15) is 0 Å². The second-order valence-corrected chi connectivity index (χ2v) is 11.5. The number of nitrogens with zero attached hydrogens (tertiary/aromatic N) is 2. The minimum atomic E-state index is -0.193. The van der Waals surface area contributed by atoms with Crippen LogP contribution in [0, 0.1) is 47.3 Å². The van der Waals surface area contributed by atoms with E-state index in [1.807, 2.05) is 48.5 Å². The SMILES string of the molecule is O=C1[C@@H]2[C@H](C(=O)N1c1ccc(Cc3ccc(N4C(=O)[C@@H]5[C@H](C4=O)[C@H]4C=C[C@H]5C4)cc3)cc1)[C@@H]1C=C[C@H]2C1. The van der Waals surface area contributed by atoms with Gasteiger partial charge in [-0.25, -0.2) is 0 Å². The summed E-state index contributed by atoms with van der Waals surface area (Å²) in [6, 6.07) is 15.3. The van der Waals surface area contributed by atoms with Crippen LogP contribution < -0.4 is 9.80 Å². The van der Waals surface area contributed by atoms with E-state index >= 15 is 0 Å². The third kappa shape index (κ3) is 2.81. The van der Waals surface area contributed by atoms with Gasteiger partial charge in [0, 0.05) is 0 Å². The summed E-state index contributed by atoms with van der Waals surface area (Å²) in [6.45, 7) is 0. The van der Waals surface area contributed by atoms with Crippen LogP contribution in [-0.2, 0) is 25.6 Å². The Balaban J connectivity index is 0.973. The van der Waals surface area contributed by atoms with Crippen LogP contribution in [0.1, 0.15) is 24.0 Å². The van der Waals surface area contributed by atoms with Gasteiger partial charge in [0.15, 0.2) is 0 Å². The molecule has 6 heteroatoms. The maximum atomic E-state index is 13.1. The van der Waals surface area contributed by atoms with Gasteiger partial charge in [-0.15, -0.1) is 0 Å². The largest absolute Gasteiger partial charge is 0.274 e. The van der Waals surface area contributed by atoms with Gasteiger partial charge < -0.3 is 0 Å². The Labute approximate surface area is 214 Å². The van der Waals surface area contributed by atoms with Gasteiger partial charge in [-0.1, -0.05) is 48.6 Å². The van der Waals surface area contributed by atoms with Crippen molar-refractivity contribution in [3.63, 3.8) is 0 Å². The Kier molecular flexibility index (Phi) is 4.24. The number of fused-ring (bicyclic) bond motifs is 10. The number of allylic oxidation sites excluding steroid dienone is 4. The van der Waals surface area contributed by atoms with Crippen molar-refractivity contribution in [2.45, 2.75) is 19.3 Å². The van der Waals surface area contributed by atoms with Crippen LogP contribution in [0.4, 0.5) is 11.4 Å². The molecule has 37 heavy (non-hydrogen) atoms. The molecule has 2 aliphatic heterocycles. The van der Waals surface area contributed by atoms with E-state index in [0.29, 0.717) is 17.8 Å². The molecule has 4 amide bonds. The average molecular weight is 491 g/mol. The molecule has 4 bridgehead atoms. The van der Waals surface area contributed by atoms with E-state index in [1.54, 1.807) is 0 Å². The van der Waals surface area contributed by atoms with Crippen molar-refractivity contribution in [2.75, 3.05) is 9.80 Å². The second-order valence-electron chi connectivity index (χ2n) is 11.5. The molecule has 8 atom stereocenters. The van der Waals surface area contributed by atoms with Crippen LogP contribution in [0.25, 0.3) is 0 Å². The molecule has 0 aromatic heterocycles. The van der Waals surface area contributed by atoms with Crippen LogP contribution in [0.2, 0.25) is 0 Å². The highest BCUT2D eigenvalue weighted by Crippen LogP contribution is 2.54. The Morgan fingerprint density at radius 2 is 0.784 bits per heavy atom. The number of carbonyl (C=O) groups excluding carboxylic acids is 4. The van der Waals surface area contributed by atoms with Crippen molar-refractivity contribution >= 4 is 35.0 Å². The van der Waals surface area contributed by atoms with Crippen molar-refractivity contribution < 1.29 is 19.2 Å². The maximum Gasteiger partial charge on any atom is 0.238 e. The lowest BCUT2D eigenvalue weighted by Gasteiger charge is -2.18. The fraction of sp³-hybridized carbons (Fsp3) is 0.355. The number of hydrogen-bond acceptors (Lipinski definition) is 4. The molecule has 6 nitrogen and oxygen atoms in total. The first-order valence-electron chi connectivity index (χ1n) is 13.3. The average Bonchev–Trinajstić information content (AvgIpc) is 3.74. The number of rotatable bonds is 4.